The Morgan fingerprint density at radius 1 is 1.35 bits per heavy atom. The van der Waals surface area contributed by atoms with E-state index in [1.165, 1.54) is 0 Å². The van der Waals surface area contributed by atoms with Gasteiger partial charge in [-0.15, -0.1) is 10.2 Å². The zero-order valence-electron chi connectivity index (χ0n) is 11.3. The minimum Gasteiger partial charge on any atom is -0.359 e. The molecule has 7 heteroatoms. The molecule has 1 amide bonds. The lowest BCUT2D eigenvalue weighted by Crippen LogP contribution is -2.42. The van der Waals surface area contributed by atoms with Gasteiger partial charge in [0.1, 0.15) is 0 Å². The number of amides is 1. The molecule has 0 bridgehead atoms. The smallest absolute Gasteiger partial charge is 0.224 e. The first kappa shape index (κ1) is 13.1. The highest BCUT2D eigenvalue weighted by molar-refractivity contribution is 7.17. The number of aromatic nitrogens is 3. The summed E-state index contributed by atoms with van der Waals surface area (Å²) in [4.78, 5) is 13.9. The number of nitrogens with one attached hydrogen (secondary N) is 1. The van der Waals surface area contributed by atoms with Crippen LogP contribution in [0.1, 0.15) is 12.8 Å². The molecular formula is C13H17N5OS. The summed E-state index contributed by atoms with van der Waals surface area (Å²) < 4.78 is 1.95. The van der Waals surface area contributed by atoms with Crippen LogP contribution in [0.4, 0.5) is 5.13 Å². The van der Waals surface area contributed by atoms with Crippen LogP contribution >= 0.6 is 11.3 Å². The number of hydrogen-bond donors (Lipinski definition) is 1. The molecule has 2 aromatic rings. The number of piperidine rings is 1. The SMILES string of the molecule is CNC(=O)C1CCCN(c2nnc(-n3cccc3)s2)C1. The van der Waals surface area contributed by atoms with E-state index >= 15 is 0 Å². The predicted octanol–water partition coefficient (Wildman–Crippen LogP) is 1.29. The molecule has 20 heavy (non-hydrogen) atoms. The van der Waals surface area contributed by atoms with Gasteiger partial charge in [-0.25, -0.2) is 0 Å². The standard InChI is InChI=1S/C13H17N5OS/c1-14-11(19)10-5-4-8-18(9-10)13-16-15-12(20-13)17-6-2-3-7-17/h2-3,6-7,10H,4-5,8-9H2,1H3,(H,14,19). The van der Waals surface area contributed by atoms with E-state index < -0.39 is 0 Å². The van der Waals surface area contributed by atoms with Crippen molar-refractivity contribution in [3.05, 3.63) is 24.5 Å². The molecule has 3 rings (SSSR count). The van der Waals surface area contributed by atoms with Gasteiger partial charge in [-0.2, -0.15) is 0 Å². The first-order chi connectivity index (χ1) is 9.78. The molecule has 0 spiro atoms. The molecule has 1 atom stereocenters. The van der Waals surface area contributed by atoms with Gasteiger partial charge in [-0.1, -0.05) is 11.3 Å². The van der Waals surface area contributed by atoms with E-state index in [1.54, 1.807) is 18.4 Å². The summed E-state index contributed by atoms with van der Waals surface area (Å²) in [6.07, 6.45) is 5.86. The number of nitrogens with zero attached hydrogens (tertiary/aromatic N) is 4. The lowest BCUT2D eigenvalue weighted by Gasteiger charge is -2.31. The van der Waals surface area contributed by atoms with Crippen molar-refractivity contribution in [2.45, 2.75) is 12.8 Å². The van der Waals surface area contributed by atoms with Crippen molar-refractivity contribution < 1.29 is 4.79 Å². The molecule has 1 aliphatic heterocycles. The van der Waals surface area contributed by atoms with Crippen LogP contribution in [0.25, 0.3) is 5.13 Å². The van der Waals surface area contributed by atoms with Gasteiger partial charge >= 0.3 is 0 Å². The molecule has 1 aliphatic rings. The highest BCUT2D eigenvalue weighted by Gasteiger charge is 2.27. The second-order valence-electron chi connectivity index (χ2n) is 4.86. The molecule has 3 heterocycles. The second kappa shape index (κ2) is 5.62. The lowest BCUT2D eigenvalue weighted by atomic mass is 9.98. The maximum atomic E-state index is 11.8. The van der Waals surface area contributed by atoms with Crippen molar-refractivity contribution in [2.75, 3.05) is 25.0 Å². The summed E-state index contributed by atoms with van der Waals surface area (Å²) in [6, 6.07) is 3.92. The topological polar surface area (TPSA) is 63.1 Å². The monoisotopic (exact) mass is 291 g/mol. The Morgan fingerprint density at radius 3 is 2.85 bits per heavy atom. The largest absolute Gasteiger partial charge is 0.359 e. The minimum absolute atomic E-state index is 0.0488. The average molecular weight is 291 g/mol. The van der Waals surface area contributed by atoms with E-state index in [9.17, 15) is 4.79 Å². The van der Waals surface area contributed by atoms with Crippen LogP contribution in [0.5, 0.6) is 0 Å². The Hall–Kier alpha value is -1.89. The van der Waals surface area contributed by atoms with E-state index in [4.69, 9.17) is 0 Å². The molecule has 6 nitrogen and oxygen atoms in total. The number of anilines is 1. The van der Waals surface area contributed by atoms with Gasteiger partial charge in [0, 0.05) is 32.5 Å². The third-order valence-electron chi connectivity index (χ3n) is 3.54. The van der Waals surface area contributed by atoms with E-state index in [1.807, 2.05) is 29.1 Å². The fourth-order valence-corrected chi connectivity index (χ4v) is 3.32. The fourth-order valence-electron chi connectivity index (χ4n) is 2.47. The van der Waals surface area contributed by atoms with Crippen LogP contribution in [0, 0.1) is 5.92 Å². The van der Waals surface area contributed by atoms with Crippen molar-refractivity contribution in [3.63, 3.8) is 0 Å². The number of carbonyl (C=O) groups excluding carboxylic acids is 1. The quantitative estimate of drug-likeness (QED) is 0.925. The summed E-state index contributed by atoms with van der Waals surface area (Å²) in [7, 11) is 1.69. The first-order valence-electron chi connectivity index (χ1n) is 6.71. The van der Waals surface area contributed by atoms with Crippen LogP contribution < -0.4 is 10.2 Å². The summed E-state index contributed by atoms with van der Waals surface area (Å²) >= 11 is 1.55. The minimum atomic E-state index is 0.0488. The molecular weight excluding hydrogens is 274 g/mol. The summed E-state index contributed by atoms with van der Waals surface area (Å²) in [5.74, 6) is 0.164. The van der Waals surface area contributed by atoms with Crippen LogP contribution in [-0.2, 0) is 4.79 Å². The molecule has 1 unspecified atom stereocenters. The molecule has 0 saturated carbocycles. The van der Waals surface area contributed by atoms with E-state index in [0.717, 1.165) is 36.2 Å². The number of carbonyl (C=O) groups is 1. The Balaban J connectivity index is 1.74. The zero-order valence-corrected chi connectivity index (χ0v) is 12.1. The Morgan fingerprint density at radius 2 is 2.10 bits per heavy atom. The third kappa shape index (κ3) is 2.53. The molecule has 1 N–H and O–H groups in total. The Kier molecular flexibility index (Phi) is 3.68. The average Bonchev–Trinajstić information content (AvgIpc) is 3.17. The Bertz CT molecular complexity index is 579. The third-order valence-corrected chi connectivity index (χ3v) is 4.54. The van der Waals surface area contributed by atoms with E-state index in [2.05, 4.69) is 20.4 Å². The van der Waals surface area contributed by atoms with E-state index in [0.29, 0.717) is 0 Å². The summed E-state index contributed by atoms with van der Waals surface area (Å²) in [6.45, 7) is 1.66. The molecule has 1 fully saturated rings. The van der Waals surface area contributed by atoms with Crippen LogP contribution in [0.15, 0.2) is 24.5 Å². The summed E-state index contributed by atoms with van der Waals surface area (Å²) in [5, 5.41) is 12.9. The second-order valence-corrected chi connectivity index (χ2v) is 5.79. The van der Waals surface area contributed by atoms with Crippen molar-refractivity contribution in [3.8, 4) is 5.13 Å². The molecule has 0 aromatic carbocycles. The van der Waals surface area contributed by atoms with Gasteiger partial charge in [-0.3, -0.25) is 9.36 Å². The van der Waals surface area contributed by atoms with Gasteiger partial charge in [0.15, 0.2) is 0 Å². The van der Waals surface area contributed by atoms with Crippen molar-refractivity contribution in [2.24, 2.45) is 5.92 Å². The summed E-state index contributed by atoms with van der Waals surface area (Å²) in [5.41, 5.74) is 0. The van der Waals surface area contributed by atoms with E-state index in [-0.39, 0.29) is 11.8 Å². The Labute approximate surface area is 121 Å². The van der Waals surface area contributed by atoms with Gasteiger partial charge < -0.3 is 10.2 Å². The van der Waals surface area contributed by atoms with Crippen LogP contribution in [0.3, 0.4) is 0 Å². The first-order valence-corrected chi connectivity index (χ1v) is 7.53. The van der Waals surface area contributed by atoms with Crippen LogP contribution in [0.2, 0.25) is 0 Å². The molecule has 1 saturated heterocycles. The molecule has 2 aromatic heterocycles. The zero-order chi connectivity index (χ0) is 13.9. The van der Waals surface area contributed by atoms with Gasteiger partial charge in [0.05, 0.1) is 5.92 Å². The molecule has 106 valence electrons. The predicted molar refractivity (Wildman–Crippen MR) is 78.2 cm³/mol. The number of hydrogen-bond acceptors (Lipinski definition) is 5. The fraction of sp³-hybridized carbons (Fsp3) is 0.462. The lowest BCUT2D eigenvalue weighted by molar-refractivity contribution is -0.124. The maximum Gasteiger partial charge on any atom is 0.224 e. The normalized spacial score (nSPS) is 19.1. The molecule has 0 aliphatic carbocycles. The highest BCUT2D eigenvalue weighted by Crippen LogP contribution is 2.27. The highest BCUT2D eigenvalue weighted by atomic mass is 32.1. The van der Waals surface area contributed by atoms with Crippen molar-refractivity contribution >= 4 is 22.4 Å². The molecule has 0 radical (unpaired) electrons. The number of rotatable bonds is 3. The van der Waals surface area contributed by atoms with Gasteiger partial charge in [0.2, 0.25) is 16.2 Å². The van der Waals surface area contributed by atoms with Gasteiger partial charge in [-0.05, 0) is 25.0 Å². The van der Waals surface area contributed by atoms with Crippen molar-refractivity contribution in [1.82, 2.24) is 20.1 Å². The van der Waals surface area contributed by atoms with Gasteiger partial charge in [0.25, 0.3) is 0 Å². The maximum absolute atomic E-state index is 11.8. The van der Waals surface area contributed by atoms with Crippen molar-refractivity contribution in [1.29, 1.82) is 0 Å². The van der Waals surface area contributed by atoms with Crippen LogP contribution in [-0.4, -0.2) is 40.8 Å².